The topological polar surface area (TPSA) is 15.7 Å². The summed E-state index contributed by atoms with van der Waals surface area (Å²) in [5, 5.41) is 1.75. The molecule has 1 aliphatic rings. The fourth-order valence-corrected chi connectivity index (χ4v) is 1.33. The number of hydrogen-bond donors (Lipinski definition) is 0. The van der Waals surface area contributed by atoms with Crippen molar-refractivity contribution in [1.82, 2.24) is 9.96 Å². The molecule has 0 radical (unpaired) electrons. The first-order valence-corrected chi connectivity index (χ1v) is 4.62. The summed E-state index contributed by atoms with van der Waals surface area (Å²) >= 11 is 0. The first-order chi connectivity index (χ1) is 5.59. The van der Waals surface area contributed by atoms with Gasteiger partial charge in [-0.1, -0.05) is 13.8 Å². The van der Waals surface area contributed by atoms with Crippen LogP contribution in [0.1, 0.15) is 13.8 Å². The molecule has 3 nitrogen and oxygen atoms in total. The van der Waals surface area contributed by atoms with Crippen LogP contribution in [0, 0.1) is 11.8 Å². The van der Waals surface area contributed by atoms with Crippen LogP contribution < -0.4 is 0 Å². The molecule has 0 atom stereocenters. The molecular formula is C9H20N2O. The van der Waals surface area contributed by atoms with E-state index in [0.29, 0.717) is 0 Å². The summed E-state index contributed by atoms with van der Waals surface area (Å²) in [4.78, 5) is 7.66. The summed E-state index contributed by atoms with van der Waals surface area (Å²) < 4.78 is 0. The summed E-state index contributed by atoms with van der Waals surface area (Å²) in [5.74, 6) is 1.70. The van der Waals surface area contributed by atoms with Gasteiger partial charge in [0.1, 0.15) is 6.73 Å². The fraction of sp³-hybridized carbons (Fsp3) is 1.00. The van der Waals surface area contributed by atoms with Crippen molar-refractivity contribution in [2.45, 2.75) is 13.8 Å². The van der Waals surface area contributed by atoms with E-state index in [1.807, 2.05) is 14.1 Å². The predicted molar refractivity (Wildman–Crippen MR) is 49.5 cm³/mol. The van der Waals surface area contributed by atoms with Crippen LogP contribution in [0.3, 0.4) is 0 Å². The van der Waals surface area contributed by atoms with E-state index < -0.39 is 0 Å². The van der Waals surface area contributed by atoms with Gasteiger partial charge in [-0.15, -0.1) is 0 Å². The fourth-order valence-electron chi connectivity index (χ4n) is 1.33. The Bertz CT molecular complexity index is 128. The van der Waals surface area contributed by atoms with Crippen LogP contribution in [-0.2, 0) is 4.84 Å². The highest BCUT2D eigenvalue weighted by Crippen LogP contribution is 2.22. The summed E-state index contributed by atoms with van der Waals surface area (Å²) in [7, 11) is 3.83. The lowest BCUT2D eigenvalue weighted by Crippen LogP contribution is -2.50. The lowest BCUT2D eigenvalue weighted by atomic mass is 9.89. The standard InChI is InChI=1S/C9H20N2O/c1-8(2)9-5-11(6-9)7-12-10(3)4/h8-9H,5-7H2,1-4H3. The molecule has 0 saturated carbocycles. The van der Waals surface area contributed by atoms with E-state index in [1.165, 1.54) is 13.1 Å². The molecule has 12 heavy (non-hydrogen) atoms. The molecule has 1 rings (SSSR count). The van der Waals surface area contributed by atoms with E-state index in [-0.39, 0.29) is 0 Å². The van der Waals surface area contributed by atoms with E-state index in [2.05, 4.69) is 18.7 Å². The summed E-state index contributed by atoms with van der Waals surface area (Å²) in [6, 6.07) is 0. The summed E-state index contributed by atoms with van der Waals surface area (Å²) in [6.07, 6.45) is 0. The first-order valence-electron chi connectivity index (χ1n) is 4.62. The molecule has 0 amide bonds. The van der Waals surface area contributed by atoms with Gasteiger partial charge in [-0.3, -0.25) is 9.74 Å². The number of likely N-dealkylation sites (tertiary alicyclic amines) is 1. The van der Waals surface area contributed by atoms with E-state index >= 15 is 0 Å². The molecule has 0 unspecified atom stereocenters. The van der Waals surface area contributed by atoms with Crippen molar-refractivity contribution in [2.24, 2.45) is 11.8 Å². The van der Waals surface area contributed by atoms with Crippen molar-refractivity contribution in [1.29, 1.82) is 0 Å². The van der Waals surface area contributed by atoms with E-state index in [4.69, 9.17) is 4.84 Å². The lowest BCUT2D eigenvalue weighted by Gasteiger charge is -2.41. The molecule has 3 heteroatoms. The molecule has 1 saturated heterocycles. The molecule has 0 bridgehead atoms. The second-order valence-corrected chi connectivity index (χ2v) is 4.11. The molecule has 1 aliphatic heterocycles. The minimum absolute atomic E-state index is 0.746. The van der Waals surface area contributed by atoms with Crippen LogP contribution in [0.2, 0.25) is 0 Å². The maximum atomic E-state index is 5.33. The molecule has 1 heterocycles. The minimum atomic E-state index is 0.746. The monoisotopic (exact) mass is 172 g/mol. The van der Waals surface area contributed by atoms with Gasteiger partial charge in [-0.05, 0) is 11.8 Å². The molecule has 0 aromatic carbocycles. The van der Waals surface area contributed by atoms with Crippen LogP contribution in [0.4, 0.5) is 0 Å². The first kappa shape index (κ1) is 9.96. The average molecular weight is 172 g/mol. The molecule has 0 N–H and O–H groups in total. The molecule has 0 aliphatic carbocycles. The predicted octanol–water partition coefficient (Wildman–Crippen LogP) is 1.02. The zero-order valence-corrected chi connectivity index (χ0v) is 8.58. The smallest absolute Gasteiger partial charge is 0.121 e. The molecule has 1 fully saturated rings. The zero-order valence-electron chi connectivity index (χ0n) is 8.58. The van der Waals surface area contributed by atoms with Gasteiger partial charge in [0.2, 0.25) is 0 Å². The number of rotatable bonds is 4. The quantitative estimate of drug-likeness (QED) is 0.589. The van der Waals surface area contributed by atoms with Crippen LogP contribution >= 0.6 is 0 Å². The molecule has 0 aromatic rings. The van der Waals surface area contributed by atoms with Gasteiger partial charge in [0.15, 0.2) is 0 Å². The van der Waals surface area contributed by atoms with Crippen molar-refractivity contribution >= 4 is 0 Å². The van der Waals surface area contributed by atoms with Crippen molar-refractivity contribution in [2.75, 3.05) is 33.9 Å². The maximum Gasteiger partial charge on any atom is 0.121 e. The Morgan fingerprint density at radius 3 is 2.42 bits per heavy atom. The van der Waals surface area contributed by atoms with Gasteiger partial charge in [0.25, 0.3) is 0 Å². The lowest BCUT2D eigenvalue weighted by molar-refractivity contribution is -0.179. The second-order valence-electron chi connectivity index (χ2n) is 4.11. The highest BCUT2D eigenvalue weighted by atomic mass is 16.7. The number of hydroxylamine groups is 2. The van der Waals surface area contributed by atoms with Gasteiger partial charge < -0.3 is 0 Å². The maximum absolute atomic E-state index is 5.33. The van der Waals surface area contributed by atoms with Crippen LogP contribution in [-0.4, -0.2) is 43.9 Å². The van der Waals surface area contributed by atoms with Gasteiger partial charge in [0.05, 0.1) is 0 Å². The van der Waals surface area contributed by atoms with Crippen molar-refractivity contribution in [3.63, 3.8) is 0 Å². The van der Waals surface area contributed by atoms with Crippen molar-refractivity contribution in [3.8, 4) is 0 Å². The second kappa shape index (κ2) is 4.21. The van der Waals surface area contributed by atoms with E-state index in [1.54, 1.807) is 5.06 Å². The Labute approximate surface area is 75.2 Å². The average Bonchev–Trinajstić information content (AvgIpc) is 1.82. The Hall–Kier alpha value is -0.120. The number of nitrogens with zero attached hydrogens (tertiary/aromatic N) is 2. The van der Waals surface area contributed by atoms with E-state index in [0.717, 1.165) is 18.6 Å². The highest BCUT2D eigenvalue weighted by Gasteiger charge is 2.28. The van der Waals surface area contributed by atoms with Crippen molar-refractivity contribution < 1.29 is 4.84 Å². The van der Waals surface area contributed by atoms with Crippen LogP contribution in [0.25, 0.3) is 0 Å². The highest BCUT2D eigenvalue weighted by molar-refractivity contribution is 4.79. The molecular weight excluding hydrogens is 152 g/mol. The normalized spacial score (nSPS) is 20.5. The SMILES string of the molecule is CC(C)C1CN(CON(C)C)C1. The van der Waals surface area contributed by atoms with Crippen molar-refractivity contribution in [3.05, 3.63) is 0 Å². The Morgan fingerprint density at radius 1 is 1.42 bits per heavy atom. The third-order valence-electron chi connectivity index (χ3n) is 2.43. The summed E-state index contributed by atoms with van der Waals surface area (Å²) in [6.45, 7) is 7.72. The molecule has 0 aromatic heterocycles. The Morgan fingerprint density at radius 2 is 2.00 bits per heavy atom. The van der Waals surface area contributed by atoms with Gasteiger partial charge >= 0.3 is 0 Å². The van der Waals surface area contributed by atoms with Gasteiger partial charge in [-0.2, -0.15) is 5.06 Å². The zero-order chi connectivity index (χ0) is 9.14. The van der Waals surface area contributed by atoms with Crippen LogP contribution in [0.5, 0.6) is 0 Å². The third-order valence-corrected chi connectivity index (χ3v) is 2.43. The summed E-state index contributed by atoms with van der Waals surface area (Å²) in [5.41, 5.74) is 0. The minimum Gasteiger partial charge on any atom is -0.284 e. The van der Waals surface area contributed by atoms with E-state index in [9.17, 15) is 0 Å². The Kier molecular flexibility index (Phi) is 3.50. The largest absolute Gasteiger partial charge is 0.284 e. The molecule has 0 spiro atoms. The molecule has 72 valence electrons. The van der Waals surface area contributed by atoms with Crippen LogP contribution in [0.15, 0.2) is 0 Å². The van der Waals surface area contributed by atoms with Gasteiger partial charge in [0, 0.05) is 27.2 Å². The third kappa shape index (κ3) is 2.73. The Balaban J connectivity index is 2.02. The number of hydrogen-bond acceptors (Lipinski definition) is 3. The van der Waals surface area contributed by atoms with Gasteiger partial charge in [-0.25, -0.2) is 0 Å².